The van der Waals surface area contributed by atoms with Crippen LogP contribution in [0.4, 0.5) is 0 Å². The number of aryl methyl sites for hydroxylation is 1. The fourth-order valence-electron chi connectivity index (χ4n) is 2.95. The van der Waals surface area contributed by atoms with Gasteiger partial charge in [0.2, 0.25) is 0 Å². The molecule has 20 heavy (non-hydrogen) atoms. The highest BCUT2D eigenvalue weighted by molar-refractivity contribution is 5.80. The fourth-order valence-corrected chi connectivity index (χ4v) is 2.95. The Kier molecular flexibility index (Phi) is 3.64. The van der Waals surface area contributed by atoms with Crippen molar-refractivity contribution in [3.05, 3.63) is 52.7 Å². The quantitative estimate of drug-likeness (QED) is 0.815. The first-order valence-corrected chi connectivity index (χ1v) is 7.27. The zero-order valence-electron chi connectivity index (χ0n) is 11.9. The van der Waals surface area contributed by atoms with Gasteiger partial charge in [-0.15, -0.1) is 0 Å². The summed E-state index contributed by atoms with van der Waals surface area (Å²) in [6.45, 7) is 1.65. The van der Waals surface area contributed by atoms with Crippen LogP contribution >= 0.6 is 0 Å². The SMILES string of the molecule is CC(=O)Cc1ccc2c(c1)/C(=C/C1=CCC=N1)CCC2. The van der Waals surface area contributed by atoms with Crippen LogP contribution in [0.1, 0.15) is 42.9 Å². The Balaban J connectivity index is 1.97. The monoisotopic (exact) mass is 265 g/mol. The lowest BCUT2D eigenvalue weighted by Gasteiger charge is -2.20. The van der Waals surface area contributed by atoms with E-state index in [-0.39, 0.29) is 5.78 Å². The lowest BCUT2D eigenvalue weighted by molar-refractivity contribution is -0.116. The highest BCUT2D eigenvalue weighted by Crippen LogP contribution is 2.33. The molecule has 0 spiro atoms. The van der Waals surface area contributed by atoms with Crippen LogP contribution in [0.2, 0.25) is 0 Å². The predicted molar refractivity (Wildman–Crippen MR) is 82.9 cm³/mol. The van der Waals surface area contributed by atoms with Crippen LogP contribution in [0.15, 0.2) is 41.0 Å². The summed E-state index contributed by atoms with van der Waals surface area (Å²) in [7, 11) is 0. The van der Waals surface area contributed by atoms with Crippen molar-refractivity contribution in [2.24, 2.45) is 4.99 Å². The van der Waals surface area contributed by atoms with Crippen LogP contribution < -0.4 is 0 Å². The van der Waals surface area contributed by atoms with Crippen molar-refractivity contribution in [1.82, 2.24) is 0 Å². The first kappa shape index (κ1) is 13.0. The first-order chi connectivity index (χ1) is 9.72. The number of aliphatic imine (C=N–C) groups is 1. The van der Waals surface area contributed by atoms with Gasteiger partial charge in [-0.05, 0) is 54.5 Å². The van der Waals surface area contributed by atoms with E-state index in [1.165, 1.54) is 23.1 Å². The molecular formula is C18H19NO. The molecule has 1 aromatic rings. The molecule has 1 aliphatic carbocycles. The normalized spacial score (nSPS) is 19.1. The topological polar surface area (TPSA) is 29.4 Å². The average Bonchev–Trinajstić information content (AvgIpc) is 2.92. The lowest BCUT2D eigenvalue weighted by atomic mass is 9.85. The molecule has 1 heterocycles. The molecule has 0 saturated heterocycles. The van der Waals surface area contributed by atoms with Gasteiger partial charge in [0.15, 0.2) is 0 Å². The molecule has 0 fully saturated rings. The molecular weight excluding hydrogens is 246 g/mol. The van der Waals surface area contributed by atoms with Gasteiger partial charge >= 0.3 is 0 Å². The third-order valence-corrected chi connectivity index (χ3v) is 3.86. The molecule has 1 aliphatic heterocycles. The maximum Gasteiger partial charge on any atom is 0.134 e. The zero-order chi connectivity index (χ0) is 13.9. The largest absolute Gasteiger partial charge is 0.300 e. The Labute approximate surface area is 119 Å². The number of fused-ring (bicyclic) bond motifs is 1. The standard InChI is InChI=1S/C18H19NO/c1-13(20)10-14-7-8-15-4-2-5-16(18(15)11-14)12-17-6-3-9-19-17/h6-9,11-12H,2-5,10H2,1H3/b16-12+. The summed E-state index contributed by atoms with van der Waals surface area (Å²) < 4.78 is 0. The number of carbonyl (C=O) groups excluding carboxylic acids is 1. The molecule has 0 amide bonds. The van der Waals surface area contributed by atoms with Gasteiger partial charge in [0, 0.05) is 19.1 Å². The zero-order valence-corrected chi connectivity index (χ0v) is 11.9. The van der Waals surface area contributed by atoms with Gasteiger partial charge in [-0.3, -0.25) is 9.79 Å². The third kappa shape index (κ3) is 2.79. The van der Waals surface area contributed by atoms with Gasteiger partial charge in [-0.2, -0.15) is 0 Å². The van der Waals surface area contributed by atoms with Crippen molar-refractivity contribution >= 4 is 17.6 Å². The number of rotatable bonds is 3. The number of carbonyl (C=O) groups is 1. The molecule has 0 saturated carbocycles. The van der Waals surface area contributed by atoms with E-state index in [9.17, 15) is 4.79 Å². The minimum absolute atomic E-state index is 0.217. The van der Waals surface area contributed by atoms with Crippen molar-refractivity contribution in [3.8, 4) is 0 Å². The summed E-state index contributed by atoms with van der Waals surface area (Å²) in [4.78, 5) is 15.7. The smallest absolute Gasteiger partial charge is 0.134 e. The maximum absolute atomic E-state index is 11.3. The molecule has 3 rings (SSSR count). The second-order valence-corrected chi connectivity index (χ2v) is 5.57. The van der Waals surface area contributed by atoms with Crippen molar-refractivity contribution < 1.29 is 4.79 Å². The first-order valence-electron chi connectivity index (χ1n) is 7.27. The van der Waals surface area contributed by atoms with Gasteiger partial charge in [0.25, 0.3) is 0 Å². The summed E-state index contributed by atoms with van der Waals surface area (Å²) in [5, 5.41) is 0. The summed E-state index contributed by atoms with van der Waals surface area (Å²) in [6.07, 6.45) is 11.2. The van der Waals surface area contributed by atoms with E-state index in [4.69, 9.17) is 0 Å². The second-order valence-electron chi connectivity index (χ2n) is 5.57. The Hall–Kier alpha value is -1.96. The molecule has 0 radical (unpaired) electrons. The Morgan fingerprint density at radius 3 is 3.00 bits per heavy atom. The molecule has 0 bridgehead atoms. The van der Waals surface area contributed by atoms with Crippen LogP contribution in [0, 0.1) is 0 Å². The van der Waals surface area contributed by atoms with Crippen LogP contribution in [-0.2, 0) is 17.6 Å². The molecule has 2 aliphatic rings. The molecule has 2 heteroatoms. The molecule has 0 aromatic heterocycles. The highest BCUT2D eigenvalue weighted by Gasteiger charge is 2.15. The fraction of sp³-hybridized carbons (Fsp3) is 0.333. The number of Topliss-reactive ketones (excluding diaryl/α,β-unsaturated/α-hetero) is 1. The van der Waals surface area contributed by atoms with Crippen molar-refractivity contribution in [2.75, 3.05) is 0 Å². The average molecular weight is 265 g/mol. The van der Waals surface area contributed by atoms with Crippen molar-refractivity contribution in [2.45, 2.75) is 39.0 Å². The molecule has 1 aromatic carbocycles. The second kappa shape index (κ2) is 5.58. The van der Waals surface area contributed by atoms with Gasteiger partial charge in [0.1, 0.15) is 5.78 Å². The predicted octanol–water partition coefficient (Wildman–Crippen LogP) is 3.90. The van der Waals surface area contributed by atoms with Crippen LogP contribution in [0.5, 0.6) is 0 Å². The van der Waals surface area contributed by atoms with Crippen LogP contribution in [0.3, 0.4) is 0 Å². The molecule has 0 atom stereocenters. The van der Waals surface area contributed by atoms with Crippen LogP contribution in [0.25, 0.3) is 5.57 Å². The summed E-state index contributed by atoms with van der Waals surface area (Å²) >= 11 is 0. The van der Waals surface area contributed by atoms with E-state index in [0.29, 0.717) is 6.42 Å². The number of ketones is 1. The number of hydrogen-bond donors (Lipinski definition) is 0. The maximum atomic E-state index is 11.3. The van der Waals surface area contributed by atoms with E-state index in [1.807, 2.05) is 6.21 Å². The van der Waals surface area contributed by atoms with Gasteiger partial charge in [-0.1, -0.05) is 24.3 Å². The molecule has 0 unspecified atom stereocenters. The van der Waals surface area contributed by atoms with Crippen molar-refractivity contribution in [3.63, 3.8) is 0 Å². The van der Waals surface area contributed by atoms with Crippen LogP contribution in [-0.4, -0.2) is 12.0 Å². The number of allylic oxidation sites excluding steroid dienone is 3. The van der Waals surface area contributed by atoms with Crippen molar-refractivity contribution in [1.29, 1.82) is 0 Å². The number of hydrogen-bond acceptors (Lipinski definition) is 2. The van der Waals surface area contributed by atoms with E-state index in [2.05, 4.69) is 35.3 Å². The van der Waals surface area contributed by atoms with E-state index >= 15 is 0 Å². The Morgan fingerprint density at radius 1 is 1.35 bits per heavy atom. The molecule has 2 nitrogen and oxygen atoms in total. The number of nitrogens with zero attached hydrogens (tertiary/aromatic N) is 1. The summed E-state index contributed by atoms with van der Waals surface area (Å²) in [5.74, 6) is 0.217. The number of benzene rings is 1. The summed E-state index contributed by atoms with van der Waals surface area (Å²) in [5.41, 5.74) is 6.27. The highest BCUT2D eigenvalue weighted by atomic mass is 16.1. The minimum Gasteiger partial charge on any atom is -0.300 e. The Bertz CT molecular complexity index is 635. The lowest BCUT2D eigenvalue weighted by Crippen LogP contribution is -2.04. The van der Waals surface area contributed by atoms with Gasteiger partial charge in [0.05, 0.1) is 5.70 Å². The third-order valence-electron chi connectivity index (χ3n) is 3.86. The van der Waals surface area contributed by atoms with E-state index < -0.39 is 0 Å². The molecule has 0 N–H and O–H groups in total. The van der Waals surface area contributed by atoms with E-state index in [0.717, 1.165) is 30.5 Å². The van der Waals surface area contributed by atoms with Gasteiger partial charge in [-0.25, -0.2) is 0 Å². The minimum atomic E-state index is 0.217. The summed E-state index contributed by atoms with van der Waals surface area (Å²) in [6, 6.07) is 6.48. The Morgan fingerprint density at radius 2 is 2.25 bits per heavy atom. The van der Waals surface area contributed by atoms with E-state index in [1.54, 1.807) is 6.92 Å². The van der Waals surface area contributed by atoms with Gasteiger partial charge < -0.3 is 0 Å². The molecule has 102 valence electrons.